The van der Waals surface area contributed by atoms with E-state index in [1.54, 1.807) is 0 Å². The van der Waals surface area contributed by atoms with Gasteiger partial charge in [0.05, 0.1) is 0 Å². The highest BCUT2D eigenvalue weighted by Crippen LogP contribution is 2.01. The van der Waals surface area contributed by atoms with Crippen LogP contribution in [-0.2, 0) is 0 Å². The normalized spacial score (nSPS) is 7.67. The Balaban J connectivity index is 0.000000640. The Morgan fingerprint density at radius 3 is 2.00 bits per heavy atom. The molecule has 1 aromatic carbocycles. The van der Waals surface area contributed by atoms with Gasteiger partial charge in [0.2, 0.25) is 0 Å². The van der Waals surface area contributed by atoms with E-state index < -0.39 is 0 Å². The van der Waals surface area contributed by atoms with Crippen LogP contribution >= 0.6 is 0 Å². The Kier molecular flexibility index (Phi) is 3.52. The molecule has 9 heavy (non-hydrogen) atoms. The summed E-state index contributed by atoms with van der Waals surface area (Å²) in [5.74, 6) is 0. The molecule has 0 aromatic heterocycles. The van der Waals surface area contributed by atoms with Gasteiger partial charge in [0, 0.05) is 12.7 Å². The van der Waals surface area contributed by atoms with E-state index in [2.05, 4.69) is 5.32 Å². The highest BCUT2D eigenvalue weighted by Gasteiger charge is 1.77. The molecule has 0 aliphatic rings. The van der Waals surface area contributed by atoms with Gasteiger partial charge in [-0.2, -0.15) is 0 Å². The van der Waals surface area contributed by atoms with Crippen LogP contribution in [0, 0.1) is 0 Å². The van der Waals surface area contributed by atoms with Crippen molar-refractivity contribution in [1.29, 1.82) is 0 Å². The molecule has 0 aliphatic carbocycles. The van der Waals surface area contributed by atoms with Crippen LogP contribution in [0.4, 0.5) is 5.69 Å². The lowest BCUT2D eigenvalue weighted by Gasteiger charge is -1.94. The van der Waals surface area contributed by atoms with E-state index in [1.807, 2.05) is 37.4 Å². The van der Waals surface area contributed by atoms with Crippen molar-refractivity contribution in [2.75, 3.05) is 12.4 Å². The first kappa shape index (κ1) is 8.02. The molecule has 0 atom stereocenters. The average Bonchev–Trinajstić information content (AvgIpc) is 1.90. The first-order chi connectivity index (χ1) is 3.93. The summed E-state index contributed by atoms with van der Waals surface area (Å²) < 4.78 is 0. The Bertz CT molecular complexity index is 146. The van der Waals surface area contributed by atoms with Crippen molar-refractivity contribution >= 4 is 5.69 Å². The van der Waals surface area contributed by atoms with Crippen LogP contribution in [0.3, 0.4) is 0 Å². The third-order valence-corrected chi connectivity index (χ3v) is 1.06. The maximum Gasteiger partial charge on any atom is 0.0337 e. The molecule has 0 bridgehead atoms. The molecule has 50 valence electrons. The molecule has 0 unspecified atom stereocenters. The van der Waals surface area contributed by atoms with Gasteiger partial charge in [0.15, 0.2) is 0 Å². The quantitative estimate of drug-likeness (QED) is 0.604. The number of rotatable bonds is 1. The molecule has 1 N–H and O–H groups in total. The van der Waals surface area contributed by atoms with Crippen LogP contribution in [0.5, 0.6) is 0 Å². The van der Waals surface area contributed by atoms with Crippen LogP contribution in [0.1, 0.15) is 7.43 Å². The summed E-state index contributed by atoms with van der Waals surface area (Å²) in [5, 5.41) is 3.03. The van der Waals surface area contributed by atoms with Crippen molar-refractivity contribution in [3.63, 3.8) is 0 Å². The van der Waals surface area contributed by atoms with Crippen molar-refractivity contribution in [3.8, 4) is 0 Å². The fourth-order valence-electron chi connectivity index (χ4n) is 0.605. The molecule has 0 fully saturated rings. The summed E-state index contributed by atoms with van der Waals surface area (Å²) in [6.07, 6.45) is 0. The van der Waals surface area contributed by atoms with E-state index in [0.29, 0.717) is 0 Å². The molecule has 1 nitrogen and oxygen atoms in total. The Labute approximate surface area is 56.7 Å². The van der Waals surface area contributed by atoms with E-state index in [1.165, 1.54) is 0 Å². The van der Waals surface area contributed by atoms with E-state index >= 15 is 0 Å². The number of benzene rings is 1. The minimum absolute atomic E-state index is 0. The molecule has 1 aromatic rings. The highest BCUT2D eigenvalue weighted by atomic mass is 14.8. The van der Waals surface area contributed by atoms with Crippen LogP contribution in [0.25, 0.3) is 0 Å². The van der Waals surface area contributed by atoms with E-state index in [4.69, 9.17) is 0 Å². The maximum absolute atomic E-state index is 3.03. The smallest absolute Gasteiger partial charge is 0.0337 e. The maximum atomic E-state index is 3.03. The van der Waals surface area contributed by atoms with Gasteiger partial charge in [-0.15, -0.1) is 0 Å². The molecule has 0 saturated carbocycles. The molecule has 0 amide bonds. The number of nitrogens with one attached hydrogen (secondary N) is 1. The number of para-hydroxylation sites is 1. The van der Waals surface area contributed by atoms with E-state index in [-0.39, 0.29) is 7.43 Å². The van der Waals surface area contributed by atoms with Crippen molar-refractivity contribution < 1.29 is 0 Å². The first-order valence-corrected chi connectivity index (χ1v) is 2.66. The van der Waals surface area contributed by atoms with Gasteiger partial charge < -0.3 is 5.32 Å². The topological polar surface area (TPSA) is 12.0 Å². The van der Waals surface area contributed by atoms with Gasteiger partial charge in [-0.05, 0) is 12.1 Å². The predicted octanol–water partition coefficient (Wildman–Crippen LogP) is 2.36. The average molecular weight is 123 g/mol. The zero-order chi connectivity index (χ0) is 5.82. The van der Waals surface area contributed by atoms with Crippen LogP contribution in [0.15, 0.2) is 30.3 Å². The second-order valence-corrected chi connectivity index (χ2v) is 1.62. The monoisotopic (exact) mass is 123 g/mol. The van der Waals surface area contributed by atoms with Gasteiger partial charge in [-0.3, -0.25) is 0 Å². The molecule has 1 heteroatoms. The third-order valence-electron chi connectivity index (χ3n) is 1.06. The van der Waals surface area contributed by atoms with E-state index in [0.717, 1.165) is 5.69 Å². The molecule has 0 spiro atoms. The van der Waals surface area contributed by atoms with Crippen LogP contribution in [0.2, 0.25) is 0 Å². The van der Waals surface area contributed by atoms with Gasteiger partial charge in [-0.25, -0.2) is 0 Å². The second kappa shape index (κ2) is 3.96. The molecular formula is C8H13N. The van der Waals surface area contributed by atoms with Crippen LogP contribution < -0.4 is 5.32 Å². The largest absolute Gasteiger partial charge is 0.388 e. The van der Waals surface area contributed by atoms with Crippen molar-refractivity contribution in [3.05, 3.63) is 30.3 Å². The van der Waals surface area contributed by atoms with Crippen molar-refractivity contribution in [1.82, 2.24) is 0 Å². The molecule has 0 aliphatic heterocycles. The van der Waals surface area contributed by atoms with Gasteiger partial charge in [0.1, 0.15) is 0 Å². The van der Waals surface area contributed by atoms with Gasteiger partial charge in [0.25, 0.3) is 0 Å². The Morgan fingerprint density at radius 2 is 1.67 bits per heavy atom. The van der Waals surface area contributed by atoms with Crippen molar-refractivity contribution in [2.45, 2.75) is 7.43 Å². The SMILES string of the molecule is C.CNc1ccccc1. The number of hydrogen-bond donors (Lipinski definition) is 1. The number of anilines is 1. The fourth-order valence-corrected chi connectivity index (χ4v) is 0.605. The molecular weight excluding hydrogens is 110 g/mol. The molecule has 1 rings (SSSR count). The number of hydrogen-bond acceptors (Lipinski definition) is 1. The summed E-state index contributed by atoms with van der Waals surface area (Å²) in [6, 6.07) is 10.1. The lowest BCUT2D eigenvalue weighted by Crippen LogP contribution is -1.84. The predicted molar refractivity (Wildman–Crippen MR) is 42.7 cm³/mol. The highest BCUT2D eigenvalue weighted by molar-refractivity contribution is 5.41. The van der Waals surface area contributed by atoms with Crippen molar-refractivity contribution in [2.24, 2.45) is 0 Å². The Morgan fingerprint density at radius 1 is 1.11 bits per heavy atom. The van der Waals surface area contributed by atoms with Gasteiger partial charge >= 0.3 is 0 Å². The summed E-state index contributed by atoms with van der Waals surface area (Å²) in [4.78, 5) is 0. The Hall–Kier alpha value is -0.980. The van der Waals surface area contributed by atoms with E-state index in [9.17, 15) is 0 Å². The lowest BCUT2D eigenvalue weighted by atomic mass is 10.3. The first-order valence-electron chi connectivity index (χ1n) is 2.66. The zero-order valence-corrected chi connectivity index (χ0v) is 4.89. The fraction of sp³-hybridized carbons (Fsp3) is 0.250. The standard InChI is InChI=1S/C7H9N.CH4/c1-8-7-5-3-2-4-6-7;/h2-6,8H,1H3;1H4. The second-order valence-electron chi connectivity index (χ2n) is 1.62. The zero-order valence-electron chi connectivity index (χ0n) is 4.89. The minimum Gasteiger partial charge on any atom is -0.388 e. The minimum atomic E-state index is 0. The van der Waals surface area contributed by atoms with Crippen LogP contribution in [-0.4, -0.2) is 7.05 Å². The summed E-state index contributed by atoms with van der Waals surface area (Å²) in [7, 11) is 1.91. The summed E-state index contributed by atoms with van der Waals surface area (Å²) >= 11 is 0. The molecule has 0 heterocycles. The summed E-state index contributed by atoms with van der Waals surface area (Å²) in [5.41, 5.74) is 1.16. The van der Waals surface area contributed by atoms with Gasteiger partial charge in [-0.1, -0.05) is 25.6 Å². The molecule has 0 saturated heterocycles. The summed E-state index contributed by atoms with van der Waals surface area (Å²) in [6.45, 7) is 0. The lowest BCUT2D eigenvalue weighted by molar-refractivity contribution is 1.51. The molecule has 0 radical (unpaired) electrons. The third kappa shape index (κ3) is 2.17.